The van der Waals surface area contributed by atoms with Crippen LogP contribution >= 0.6 is 0 Å². The number of hydrogen-bond donors (Lipinski definition) is 2. The van der Waals surface area contributed by atoms with Crippen LogP contribution in [0.5, 0.6) is 0 Å². The highest BCUT2D eigenvalue weighted by Crippen LogP contribution is 2.16. The molecule has 0 bridgehead atoms. The lowest BCUT2D eigenvalue weighted by molar-refractivity contribution is -0.282. The fraction of sp³-hybridized carbons (Fsp3) is 0.200. The number of alkyl halides is 3. The number of rotatable bonds is 2. The molecule has 0 saturated carbocycles. The predicted octanol–water partition coefficient (Wildman–Crippen LogP) is 0.239. The molecule has 66 valence electrons. The average Bonchev–Trinajstić information content (AvgIpc) is 2.32. The maximum Gasteiger partial charge on any atom is 0.514 e. The van der Waals surface area contributed by atoms with Gasteiger partial charge in [-0.3, -0.25) is 0 Å². The molecule has 1 heterocycles. The summed E-state index contributed by atoms with van der Waals surface area (Å²) in [6.45, 7) is 0. The molecule has 2 N–H and O–H groups in total. The zero-order valence-corrected chi connectivity index (χ0v) is 5.80. The lowest BCUT2D eigenvalue weighted by Gasteiger charge is -2.08. The molecule has 12 heavy (non-hydrogen) atoms. The highest BCUT2D eigenvalue weighted by atomic mass is 19.4. The van der Waals surface area contributed by atoms with Crippen molar-refractivity contribution in [3.8, 4) is 0 Å². The monoisotopic (exact) mass is 179 g/mol. The molecule has 0 atom stereocenters. The normalized spacial score (nSPS) is 11.7. The van der Waals surface area contributed by atoms with Crippen molar-refractivity contribution in [1.29, 1.82) is 0 Å². The molecule has 7 heteroatoms. The Bertz CT molecular complexity index is 235. The Morgan fingerprint density at radius 2 is 2.17 bits per heavy atom. The molecule has 3 nitrogen and oxygen atoms in total. The Morgan fingerprint density at radius 3 is 2.58 bits per heavy atom. The van der Waals surface area contributed by atoms with Gasteiger partial charge >= 0.3 is 13.5 Å². The van der Waals surface area contributed by atoms with Crippen LogP contribution < -0.4 is 5.59 Å². The maximum absolute atomic E-state index is 11.5. The molecule has 0 spiro atoms. The third kappa shape index (κ3) is 2.59. The van der Waals surface area contributed by atoms with Gasteiger partial charge in [-0.15, -0.1) is 13.2 Å². The first kappa shape index (κ1) is 9.15. The molecule has 1 aromatic rings. The van der Waals surface area contributed by atoms with Crippen molar-refractivity contribution >= 4 is 12.7 Å². The Kier molecular flexibility index (Phi) is 2.44. The van der Waals surface area contributed by atoms with Crippen molar-refractivity contribution in [1.82, 2.24) is 4.98 Å². The SMILES string of the molecule is OB(OC(F)(F)F)c1ccc[nH]1. The molecule has 0 radical (unpaired) electrons. The molecule has 0 saturated heterocycles. The molecular formula is C5H5BF3NO2. The Morgan fingerprint density at radius 1 is 1.50 bits per heavy atom. The van der Waals surface area contributed by atoms with E-state index in [0.717, 1.165) is 0 Å². The maximum atomic E-state index is 11.5. The number of nitrogens with one attached hydrogen (secondary N) is 1. The van der Waals surface area contributed by atoms with Crippen LogP contribution in [0.3, 0.4) is 0 Å². The molecule has 0 amide bonds. The first-order valence-corrected chi connectivity index (χ1v) is 3.05. The summed E-state index contributed by atoms with van der Waals surface area (Å²) < 4.78 is 37.8. The summed E-state index contributed by atoms with van der Waals surface area (Å²) in [5.74, 6) is 0. The van der Waals surface area contributed by atoms with E-state index >= 15 is 0 Å². The van der Waals surface area contributed by atoms with Crippen molar-refractivity contribution in [2.45, 2.75) is 6.36 Å². The van der Waals surface area contributed by atoms with Crippen molar-refractivity contribution < 1.29 is 22.8 Å². The van der Waals surface area contributed by atoms with Crippen LogP contribution in [-0.4, -0.2) is 23.5 Å². The quantitative estimate of drug-likeness (QED) is 0.638. The fourth-order valence-electron chi connectivity index (χ4n) is 0.688. The van der Waals surface area contributed by atoms with Gasteiger partial charge in [-0.1, -0.05) is 0 Å². The van der Waals surface area contributed by atoms with Crippen molar-refractivity contribution in [2.24, 2.45) is 0 Å². The van der Waals surface area contributed by atoms with Gasteiger partial charge in [0, 0.05) is 11.8 Å². The number of aromatic amines is 1. The summed E-state index contributed by atoms with van der Waals surface area (Å²) in [4.78, 5) is 2.38. The highest BCUT2D eigenvalue weighted by molar-refractivity contribution is 6.59. The Labute approximate surface area is 66.3 Å². The van der Waals surface area contributed by atoms with Crippen molar-refractivity contribution in [2.75, 3.05) is 0 Å². The van der Waals surface area contributed by atoms with Gasteiger partial charge < -0.3 is 14.7 Å². The van der Waals surface area contributed by atoms with E-state index in [9.17, 15) is 13.2 Å². The first-order chi connectivity index (χ1) is 5.49. The topological polar surface area (TPSA) is 45.2 Å². The third-order valence-corrected chi connectivity index (χ3v) is 1.13. The van der Waals surface area contributed by atoms with Crippen molar-refractivity contribution in [3.63, 3.8) is 0 Å². The van der Waals surface area contributed by atoms with Crippen LogP contribution in [0.25, 0.3) is 0 Å². The molecular weight excluding hydrogens is 174 g/mol. The molecule has 0 aliphatic carbocycles. The van der Waals surface area contributed by atoms with E-state index in [-0.39, 0.29) is 5.59 Å². The summed E-state index contributed by atoms with van der Waals surface area (Å²) in [5.41, 5.74) is -0.0349. The molecule has 0 aliphatic heterocycles. The minimum atomic E-state index is -4.83. The smallest absolute Gasteiger partial charge is 0.422 e. The molecule has 1 rings (SSSR count). The van der Waals surface area contributed by atoms with Gasteiger partial charge in [-0.2, -0.15) is 0 Å². The fourth-order valence-corrected chi connectivity index (χ4v) is 0.688. The largest absolute Gasteiger partial charge is 0.514 e. The van der Waals surface area contributed by atoms with Gasteiger partial charge in [-0.25, -0.2) is 0 Å². The number of H-pyrrole nitrogens is 1. The van der Waals surface area contributed by atoms with Gasteiger partial charge in [0.1, 0.15) is 0 Å². The number of aromatic nitrogens is 1. The number of halogens is 3. The van der Waals surface area contributed by atoms with E-state index in [0.29, 0.717) is 0 Å². The van der Waals surface area contributed by atoms with Gasteiger partial charge in [0.2, 0.25) is 0 Å². The molecule has 0 unspecified atom stereocenters. The van der Waals surface area contributed by atoms with Crippen LogP contribution in [0.1, 0.15) is 0 Å². The second-order valence-corrected chi connectivity index (χ2v) is 2.04. The summed E-state index contributed by atoms with van der Waals surface area (Å²) in [6.07, 6.45) is -3.44. The zero-order chi connectivity index (χ0) is 9.19. The number of hydrogen-bond acceptors (Lipinski definition) is 2. The summed E-state index contributed by atoms with van der Waals surface area (Å²) >= 11 is 0. The molecule has 0 aliphatic rings. The van der Waals surface area contributed by atoms with E-state index < -0.39 is 13.5 Å². The van der Waals surface area contributed by atoms with Crippen LogP contribution in [0.4, 0.5) is 13.2 Å². The molecule has 0 fully saturated rings. The van der Waals surface area contributed by atoms with E-state index in [1.807, 2.05) is 0 Å². The minimum absolute atomic E-state index is 0.0349. The van der Waals surface area contributed by atoms with Gasteiger partial charge in [0.25, 0.3) is 0 Å². The lowest BCUT2D eigenvalue weighted by atomic mass is 9.86. The van der Waals surface area contributed by atoms with Gasteiger partial charge in [0.15, 0.2) is 0 Å². The first-order valence-electron chi connectivity index (χ1n) is 3.05. The Balaban J connectivity index is 2.56. The van der Waals surface area contributed by atoms with E-state index in [1.165, 1.54) is 18.3 Å². The minimum Gasteiger partial charge on any atom is -0.422 e. The average molecular weight is 179 g/mol. The lowest BCUT2D eigenvalue weighted by Crippen LogP contribution is -2.39. The van der Waals surface area contributed by atoms with Crippen LogP contribution in [-0.2, 0) is 4.65 Å². The van der Waals surface area contributed by atoms with Gasteiger partial charge in [0.05, 0.1) is 0 Å². The van der Waals surface area contributed by atoms with E-state index in [4.69, 9.17) is 5.02 Å². The van der Waals surface area contributed by atoms with Crippen LogP contribution in [0.15, 0.2) is 18.3 Å². The summed E-state index contributed by atoms with van der Waals surface area (Å²) in [6, 6.07) is 2.74. The Hall–Kier alpha value is -0.945. The highest BCUT2D eigenvalue weighted by Gasteiger charge is 2.36. The van der Waals surface area contributed by atoms with E-state index in [2.05, 4.69) is 9.64 Å². The second-order valence-electron chi connectivity index (χ2n) is 2.04. The predicted molar refractivity (Wildman–Crippen MR) is 35.5 cm³/mol. The zero-order valence-electron chi connectivity index (χ0n) is 5.80. The summed E-state index contributed by atoms with van der Waals surface area (Å²) in [5, 5.41) is 8.77. The van der Waals surface area contributed by atoms with Gasteiger partial charge in [-0.05, 0) is 12.1 Å². The van der Waals surface area contributed by atoms with Crippen LogP contribution in [0.2, 0.25) is 0 Å². The molecule has 0 aromatic carbocycles. The van der Waals surface area contributed by atoms with Crippen LogP contribution in [0, 0.1) is 0 Å². The molecule has 1 aromatic heterocycles. The summed E-state index contributed by atoms with van der Waals surface area (Å²) in [7, 11) is -1.99. The van der Waals surface area contributed by atoms with E-state index in [1.54, 1.807) is 0 Å². The standard InChI is InChI=1S/C5H5BF3NO2/c7-5(8,9)12-6(11)4-2-1-3-10-4/h1-3,10-11H. The second kappa shape index (κ2) is 3.20. The van der Waals surface area contributed by atoms with Crippen molar-refractivity contribution in [3.05, 3.63) is 18.3 Å². The third-order valence-electron chi connectivity index (χ3n) is 1.13.